The molecule has 0 nitrogen and oxygen atoms in total. The van der Waals surface area contributed by atoms with Crippen LogP contribution >= 0.6 is 0 Å². The maximum atomic E-state index is 15.0. The fourth-order valence-electron chi connectivity index (χ4n) is 5.45. The lowest BCUT2D eigenvalue weighted by Gasteiger charge is -2.29. The Morgan fingerprint density at radius 3 is 2.06 bits per heavy atom. The minimum absolute atomic E-state index is 0.0134. The molecule has 1 saturated carbocycles. The van der Waals surface area contributed by atoms with Crippen LogP contribution in [-0.4, -0.2) is 0 Å². The third kappa shape index (κ3) is 7.62. The average molecular weight is 473 g/mol. The van der Waals surface area contributed by atoms with Gasteiger partial charge in [0.05, 0.1) is 0 Å². The minimum Gasteiger partial charge on any atom is -0.206 e. The molecule has 188 valence electrons. The van der Waals surface area contributed by atoms with E-state index in [4.69, 9.17) is 0 Å². The number of alkyl halides is 2. The topological polar surface area (TPSA) is 0 Å². The Morgan fingerprint density at radius 1 is 0.765 bits per heavy atom. The Morgan fingerprint density at radius 2 is 1.41 bits per heavy atom. The van der Waals surface area contributed by atoms with Crippen molar-refractivity contribution in [2.45, 2.75) is 116 Å². The number of hydrogen-bond donors (Lipinski definition) is 0. The van der Waals surface area contributed by atoms with Gasteiger partial charge in [0.25, 0.3) is 5.92 Å². The van der Waals surface area contributed by atoms with Crippen LogP contribution in [0.2, 0.25) is 0 Å². The smallest absolute Gasteiger partial charge is 0.206 e. The lowest BCUT2D eigenvalue weighted by molar-refractivity contribution is -0.0154. The van der Waals surface area contributed by atoms with E-state index in [1.807, 2.05) is 19.1 Å². The van der Waals surface area contributed by atoms with Gasteiger partial charge in [0.2, 0.25) is 0 Å². The van der Waals surface area contributed by atoms with Crippen LogP contribution in [0.5, 0.6) is 0 Å². The molecule has 0 unspecified atom stereocenters. The van der Waals surface area contributed by atoms with E-state index in [0.29, 0.717) is 23.5 Å². The maximum absolute atomic E-state index is 15.0. The molecular formula is C31H43F3. The molecule has 0 bridgehead atoms. The molecule has 1 fully saturated rings. The van der Waals surface area contributed by atoms with Gasteiger partial charge in [-0.2, -0.15) is 0 Å². The van der Waals surface area contributed by atoms with E-state index in [2.05, 4.69) is 6.92 Å². The second-order valence-electron chi connectivity index (χ2n) is 10.4. The van der Waals surface area contributed by atoms with Crippen LogP contribution in [-0.2, 0) is 5.92 Å². The summed E-state index contributed by atoms with van der Waals surface area (Å²) in [7, 11) is 0. The fraction of sp³-hybridized carbons (Fsp3) is 0.613. The molecule has 0 N–H and O–H groups in total. The van der Waals surface area contributed by atoms with Gasteiger partial charge in [-0.05, 0) is 61.1 Å². The van der Waals surface area contributed by atoms with Crippen molar-refractivity contribution in [1.82, 2.24) is 0 Å². The molecule has 0 spiro atoms. The Kier molecular flexibility index (Phi) is 10.5. The second-order valence-corrected chi connectivity index (χ2v) is 10.4. The molecule has 2 aromatic carbocycles. The Hall–Kier alpha value is -1.77. The Labute approximate surface area is 205 Å². The summed E-state index contributed by atoms with van der Waals surface area (Å²) in [5.74, 6) is -1.81. The third-order valence-corrected chi connectivity index (χ3v) is 7.74. The Balaban J connectivity index is 1.53. The first-order valence-electron chi connectivity index (χ1n) is 13.7. The molecule has 1 aliphatic rings. The molecule has 0 atom stereocenters. The van der Waals surface area contributed by atoms with E-state index >= 15 is 4.39 Å². The van der Waals surface area contributed by atoms with Gasteiger partial charge in [0, 0.05) is 17.5 Å². The molecule has 0 heterocycles. The number of unbranched alkanes of at least 4 members (excludes halogenated alkanes) is 6. The van der Waals surface area contributed by atoms with Gasteiger partial charge in [0.15, 0.2) is 0 Å². The number of halogens is 3. The van der Waals surface area contributed by atoms with Crippen LogP contribution < -0.4 is 0 Å². The predicted molar refractivity (Wildman–Crippen MR) is 138 cm³/mol. The molecule has 0 aliphatic heterocycles. The van der Waals surface area contributed by atoms with E-state index in [9.17, 15) is 8.78 Å². The second kappa shape index (κ2) is 13.4. The highest BCUT2D eigenvalue weighted by Gasteiger charge is 2.30. The third-order valence-electron chi connectivity index (χ3n) is 7.74. The average Bonchev–Trinajstić information content (AvgIpc) is 2.85. The van der Waals surface area contributed by atoms with E-state index in [0.717, 1.165) is 30.7 Å². The van der Waals surface area contributed by atoms with Crippen molar-refractivity contribution < 1.29 is 13.2 Å². The first kappa shape index (κ1) is 26.8. The van der Waals surface area contributed by atoms with Crippen molar-refractivity contribution in [3.63, 3.8) is 0 Å². The number of benzene rings is 2. The summed E-state index contributed by atoms with van der Waals surface area (Å²) in [6, 6.07) is 11.7. The molecule has 0 saturated heterocycles. The van der Waals surface area contributed by atoms with E-state index in [1.54, 1.807) is 18.2 Å². The lowest BCUT2D eigenvalue weighted by Crippen LogP contribution is -2.13. The molecule has 0 radical (unpaired) electrons. The summed E-state index contributed by atoms with van der Waals surface area (Å²) >= 11 is 0. The van der Waals surface area contributed by atoms with Crippen molar-refractivity contribution in [3.8, 4) is 11.1 Å². The van der Waals surface area contributed by atoms with Gasteiger partial charge < -0.3 is 0 Å². The standard InChI is InChI=1S/C31H43F3/c1-3-5-7-8-9-10-11-24-12-14-25(15-13-24)27-18-21-29(30(32)23-27)26-16-19-28(20-17-26)31(33,34)22-6-4-2/h16-21,23-25H,3-15,22H2,1-2H3. The van der Waals surface area contributed by atoms with Crippen molar-refractivity contribution in [2.75, 3.05) is 0 Å². The summed E-state index contributed by atoms with van der Waals surface area (Å²) < 4.78 is 43.6. The lowest BCUT2D eigenvalue weighted by atomic mass is 9.77. The summed E-state index contributed by atoms with van der Waals surface area (Å²) in [6.45, 7) is 4.17. The van der Waals surface area contributed by atoms with Crippen LogP contribution in [0, 0.1) is 11.7 Å². The van der Waals surface area contributed by atoms with Gasteiger partial charge in [-0.25, -0.2) is 13.2 Å². The largest absolute Gasteiger partial charge is 0.273 e. The zero-order valence-corrected chi connectivity index (χ0v) is 21.2. The van der Waals surface area contributed by atoms with Gasteiger partial charge >= 0.3 is 0 Å². The number of rotatable bonds is 13. The predicted octanol–water partition coefficient (Wildman–Crippen LogP) is 10.8. The monoisotopic (exact) mass is 472 g/mol. The van der Waals surface area contributed by atoms with Crippen molar-refractivity contribution >= 4 is 0 Å². The van der Waals surface area contributed by atoms with E-state index < -0.39 is 5.92 Å². The van der Waals surface area contributed by atoms with Crippen molar-refractivity contribution in [3.05, 3.63) is 59.4 Å². The summed E-state index contributed by atoms with van der Waals surface area (Å²) in [5, 5.41) is 0. The van der Waals surface area contributed by atoms with Gasteiger partial charge in [-0.3, -0.25) is 0 Å². The Bertz CT molecular complexity index is 847. The minimum atomic E-state index is -2.83. The summed E-state index contributed by atoms with van der Waals surface area (Å²) in [5.41, 5.74) is 2.24. The SMILES string of the molecule is CCCCCCCCC1CCC(c2ccc(-c3ccc(C(F)(F)CCCC)cc3)c(F)c2)CC1. The summed E-state index contributed by atoms with van der Waals surface area (Å²) in [4.78, 5) is 0. The van der Waals surface area contributed by atoms with Crippen LogP contribution in [0.25, 0.3) is 11.1 Å². The van der Waals surface area contributed by atoms with Gasteiger partial charge in [-0.15, -0.1) is 0 Å². The normalized spacial score (nSPS) is 18.9. The van der Waals surface area contributed by atoms with Crippen molar-refractivity contribution in [2.24, 2.45) is 5.92 Å². The van der Waals surface area contributed by atoms with Crippen LogP contribution in [0.4, 0.5) is 13.2 Å². The first-order chi connectivity index (χ1) is 16.4. The van der Waals surface area contributed by atoms with Gasteiger partial charge in [0.1, 0.15) is 5.82 Å². The molecule has 2 aromatic rings. The van der Waals surface area contributed by atoms with Crippen molar-refractivity contribution in [1.29, 1.82) is 0 Å². The number of hydrogen-bond acceptors (Lipinski definition) is 0. The molecule has 3 heteroatoms. The maximum Gasteiger partial charge on any atom is 0.273 e. The zero-order valence-electron chi connectivity index (χ0n) is 21.2. The highest BCUT2D eigenvalue weighted by molar-refractivity contribution is 5.65. The molecule has 0 amide bonds. The molecular weight excluding hydrogens is 429 g/mol. The van der Waals surface area contributed by atoms with Gasteiger partial charge in [-0.1, -0.05) is 102 Å². The fourth-order valence-corrected chi connectivity index (χ4v) is 5.45. The molecule has 34 heavy (non-hydrogen) atoms. The van der Waals surface area contributed by atoms with Crippen LogP contribution in [0.1, 0.15) is 121 Å². The molecule has 3 rings (SSSR count). The quantitative estimate of drug-likeness (QED) is 0.254. The van der Waals surface area contributed by atoms with Crippen LogP contribution in [0.15, 0.2) is 42.5 Å². The first-order valence-corrected chi connectivity index (χ1v) is 13.7. The van der Waals surface area contributed by atoms with E-state index in [-0.39, 0.29) is 17.8 Å². The highest BCUT2D eigenvalue weighted by atomic mass is 19.3. The van der Waals surface area contributed by atoms with Crippen LogP contribution in [0.3, 0.4) is 0 Å². The molecule has 1 aliphatic carbocycles. The highest BCUT2D eigenvalue weighted by Crippen LogP contribution is 2.39. The molecule has 0 aromatic heterocycles. The summed E-state index contributed by atoms with van der Waals surface area (Å²) in [6.07, 6.45) is 15.3. The van der Waals surface area contributed by atoms with E-state index in [1.165, 1.54) is 69.9 Å². The zero-order chi connectivity index (χ0) is 24.4.